The van der Waals surface area contributed by atoms with Gasteiger partial charge in [-0.25, -0.2) is 15.0 Å². The Balaban J connectivity index is 2.17. The van der Waals surface area contributed by atoms with E-state index in [1.54, 1.807) is 6.21 Å². The topological polar surface area (TPSA) is 60.3 Å². The lowest BCUT2D eigenvalue weighted by molar-refractivity contribution is 0.563. The first-order chi connectivity index (χ1) is 9.66. The van der Waals surface area contributed by atoms with Crippen LogP contribution in [0.2, 0.25) is 13.1 Å². The minimum absolute atomic E-state index is 0.00989. The van der Waals surface area contributed by atoms with Crippen molar-refractivity contribution in [2.75, 3.05) is 0 Å². The maximum Gasteiger partial charge on any atom is 0.274 e. The van der Waals surface area contributed by atoms with Crippen LogP contribution in [0.3, 0.4) is 0 Å². The quantitative estimate of drug-likeness (QED) is 0.626. The maximum absolute atomic E-state index is 5.91. The van der Waals surface area contributed by atoms with Gasteiger partial charge in [0, 0.05) is 5.56 Å². The predicted molar refractivity (Wildman–Crippen MR) is 80.4 cm³/mol. The Morgan fingerprint density at radius 3 is 2.60 bits per heavy atom. The molecule has 1 radical (unpaired) electrons. The minimum atomic E-state index is -0.793. The molecule has 6 heteroatoms. The van der Waals surface area contributed by atoms with Crippen LogP contribution in [0, 0.1) is 0 Å². The van der Waals surface area contributed by atoms with E-state index in [4.69, 9.17) is 4.43 Å². The summed E-state index contributed by atoms with van der Waals surface area (Å²) in [6, 6.07) is 7.99. The molecule has 20 heavy (non-hydrogen) atoms. The molecule has 2 rings (SSSR count). The van der Waals surface area contributed by atoms with Gasteiger partial charge in [-0.3, -0.25) is 4.99 Å². The van der Waals surface area contributed by atoms with Gasteiger partial charge in [0.25, 0.3) is 9.04 Å². The number of rotatable bonds is 5. The van der Waals surface area contributed by atoms with E-state index >= 15 is 0 Å². The van der Waals surface area contributed by atoms with Crippen LogP contribution in [0.4, 0.5) is 0 Å². The van der Waals surface area contributed by atoms with Gasteiger partial charge in [-0.2, -0.15) is 0 Å². The highest BCUT2D eigenvalue weighted by Gasteiger charge is 2.11. The molecular weight excluding hydrogens is 268 g/mol. The first-order valence-electron chi connectivity index (χ1n) is 6.39. The van der Waals surface area contributed by atoms with E-state index in [0.29, 0.717) is 5.82 Å². The van der Waals surface area contributed by atoms with Crippen molar-refractivity contribution in [3.63, 3.8) is 0 Å². The van der Waals surface area contributed by atoms with Crippen molar-refractivity contribution in [1.82, 2.24) is 15.0 Å². The Kier molecular flexibility index (Phi) is 4.95. The largest absolute Gasteiger partial charge is 0.542 e. The average molecular weight is 285 g/mol. The van der Waals surface area contributed by atoms with Crippen molar-refractivity contribution in [3.05, 3.63) is 48.3 Å². The summed E-state index contributed by atoms with van der Waals surface area (Å²) in [4.78, 5) is 16.3. The summed E-state index contributed by atoms with van der Waals surface area (Å²) in [5.41, 5.74) is 1.07. The summed E-state index contributed by atoms with van der Waals surface area (Å²) in [5.74, 6) is 1.47. The molecule has 0 N–H and O–H groups in total. The number of nitrogens with zero attached hydrogens (tertiary/aromatic N) is 4. The van der Waals surface area contributed by atoms with Crippen LogP contribution in [0.5, 0.6) is 5.75 Å². The summed E-state index contributed by atoms with van der Waals surface area (Å²) in [7, 11) is -0.793. The Morgan fingerprint density at radius 2 is 1.90 bits per heavy atom. The van der Waals surface area contributed by atoms with Gasteiger partial charge >= 0.3 is 0 Å². The van der Waals surface area contributed by atoms with Crippen molar-refractivity contribution in [2.45, 2.75) is 26.1 Å². The lowest BCUT2D eigenvalue weighted by Gasteiger charge is -2.15. The number of benzene rings is 1. The second-order valence-corrected chi connectivity index (χ2v) is 6.52. The molecule has 0 spiro atoms. The van der Waals surface area contributed by atoms with Gasteiger partial charge in [-0.15, -0.1) is 0 Å². The van der Waals surface area contributed by atoms with Crippen LogP contribution in [0.25, 0.3) is 0 Å². The molecule has 1 aromatic heterocycles. The molecule has 1 unspecified atom stereocenters. The van der Waals surface area contributed by atoms with E-state index in [1.807, 2.05) is 31.2 Å². The van der Waals surface area contributed by atoms with E-state index in [9.17, 15) is 0 Å². The highest BCUT2D eigenvalue weighted by Crippen LogP contribution is 2.27. The number of hydrogen-bond donors (Lipinski definition) is 0. The Hall–Kier alpha value is -2.08. The second kappa shape index (κ2) is 6.90. The first-order valence-corrected chi connectivity index (χ1v) is 8.79. The Morgan fingerprint density at radius 1 is 1.20 bits per heavy atom. The van der Waals surface area contributed by atoms with E-state index in [1.165, 1.54) is 12.7 Å². The van der Waals surface area contributed by atoms with Crippen molar-refractivity contribution < 1.29 is 4.43 Å². The van der Waals surface area contributed by atoms with Gasteiger partial charge in [0.15, 0.2) is 5.82 Å². The van der Waals surface area contributed by atoms with Gasteiger partial charge in [0.05, 0.1) is 12.3 Å². The molecule has 2 aromatic rings. The molecule has 0 aliphatic carbocycles. The standard InChI is InChI=1S/C14H17N4OSi/c1-11(16-8-14-17-9-15-10-18-14)12-6-4-5-7-13(12)19-20(2)3/h4-11H,1-3H3. The Labute approximate surface area is 120 Å². The third-order valence-corrected chi connectivity index (χ3v) is 3.24. The van der Waals surface area contributed by atoms with Crippen LogP contribution >= 0.6 is 0 Å². The summed E-state index contributed by atoms with van der Waals surface area (Å²) in [6.45, 7) is 6.25. The molecule has 0 aliphatic heterocycles. The van der Waals surface area contributed by atoms with Gasteiger partial charge in [0.2, 0.25) is 0 Å². The molecule has 0 bridgehead atoms. The number of para-hydroxylation sites is 1. The van der Waals surface area contributed by atoms with Gasteiger partial charge in [-0.1, -0.05) is 18.2 Å². The molecule has 0 saturated heterocycles. The van der Waals surface area contributed by atoms with E-state index < -0.39 is 9.04 Å². The van der Waals surface area contributed by atoms with Gasteiger partial charge < -0.3 is 4.43 Å². The highest BCUT2D eigenvalue weighted by atomic mass is 28.3. The second-order valence-electron chi connectivity index (χ2n) is 4.50. The van der Waals surface area contributed by atoms with Crippen LogP contribution in [-0.4, -0.2) is 30.2 Å². The molecular formula is C14H17N4OSi. The maximum atomic E-state index is 5.91. The van der Waals surface area contributed by atoms with E-state index in [0.717, 1.165) is 11.3 Å². The van der Waals surface area contributed by atoms with Crippen LogP contribution < -0.4 is 4.43 Å². The summed E-state index contributed by atoms with van der Waals surface area (Å²) >= 11 is 0. The lowest BCUT2D eigenvalue weighted by Crippen LogP contribution is -2.13. The zero-order valence-corrected chi connectivity index (χ0v) is 12.8. The lowest BCUT2D eigenvalue weighted by atomic mass is 10.1. The van der Waals surface area contributed by atoms with Crippen LogP contribution in [0.15, 0.2) is 41.9 Å². The summed E-state index contributed by atoms with van der Waals surface area (Å²) in [6.07, 6.45) is 4.57. The summed E-state index contributed by atoms with van der Waals surface area (Å²) in [5, 5.41) is 0. The SMILES string of the molecule is CC(N=Cc1ncncn1)c1ccccc1O[Si](C)C. The highest BCUT2D eigenvalue weighted by molar-refractivity contribution is 6.49. The fourth-order valence-corrected chi connectivity index (χ4v) is 2.34. The van der Waals surface area contributed by atoms with Crippen molar-refractivity contribution in [2.24, 2.45) is 4.99 Å². The predicted octanol–water partition coefficient (Wildman–Crippen LogP) is 2.68. The number of hydrogen-bond acceptors (Lipinski definition) is 5. The fraction of sp³-hybridized carbons (Fsp3) is 0.286. The van der Waals surface area contributed by atoms with E-state index in [-0.39, 0.29) is 6.04 Å². The molecule has 0 fully saturated rings. The van der Waals surface area contributed by atoms with E-state index in [2.05, 4.69) is 33.0 Å². The normalized spacial score (nSPS) is 12.8. The third kappa shape index (κ3) is 3.96. The molecule has 103 valence electrons. The van der Waals surface area contributed by atoms with Crippen molar-refractivity contribution >= 4 is 15.3 Å². The van der Waals surface area contributed by atoms with Gasteiger partial charge in [0.1, 0.15) is 18.4 Å². The van der Waals surface area contributed by atoms with Crippen LogP contribution in [-0.2, 0) is 0 Å². The summed E-state index contributed by atoms with van der Waals surface area (Å²) < 4.78 is 5.91. The third-order valence-electron chi connectivity index (χ3n) is 2.61. The minimum Gasteiger partial charge on any atom is -0.542 e. The molecule has 1 aromatic carbocycles. The number of aromatic nitrogens is 3. The van der Waals surface area contributed by atoms with Gasteiger partial charge in [-0.05, 0) is 26.1 Å². The fourth-order valence-electron chi connectivity index (χ4n) is 1.71. The van der Waals surface area contributed by atoms with Crippen molar-refractivity contribution in [3.8, 4) is 5.75 Å². The van der Waals surface area contributed by atoms with Crippen LogP contribution in [0.1, 0.15) is 24.4 Å². The zero-order chi connectivity index (χ0) is 14.4. The average Bonchev–Trinajstić information content (AvgIpc) is 2.46. The smallest absolute Gasteiger partial charge is 0.274 e. The molecule has 0 saturated carbocycles. The molecule has 5 nitrogen and oxygen atoms in total. The monoisotopic (exact) mass is 285 g/mol. The zero-order valence-electron chi connectivity index (χ0n) is 11.8. The molecule has 0 amide bonds. The molecule has 0 aliphatic rings. The molecule has 1 atom stereocenters. The first kappa shape index (κ1) is 14.3. The Bertz CT molecular complexity index is 574. The number of aliphatic imine (C=N–C) groups is 1. The van der Waals surface area contributed by atoms with Crippen molar-refractivity contribution in [1.29, 1.82) is 0 Å². The molecule has 1 heterocycles.